The summed E-state index contributed by atoms with van der Waals surface area (Å²) < 4.78 is 6.39. The Labute approximate surface area is 183 Å². The minimum atomic E-state index is -0.325. The van der Waals surface area contributed by atoms with Gasteiger partial charge in [-0.2, -0.15) is 0 Å². The molecular formula is C23H19N3O2S2. The van der Waals surface area contributed by atoms with Crippen LogP contribution in [0.2, 0.25) is 0 Å². The highest BCUT2D eigenvalue weighted by Gasteiger charge is 2.14. The maximum Gasteiger partial charge on any atom is 0.261 e. The van der Waals surface area contributed by atoms with E-state index < -0.39 is 0 Å². The number of hydrogen-bond acceptors (Lipinski definition) is 5. The maximum atomic E-state index is 12.5. The first-order chi connectivity index (χ1) is 14.5. The summed E-state index contributed by atoms with van der Waals surface area (Å²) in [7, 11) is 1.53. The Morgan fingerprint density at radius 3 is 2.60 bits per heavy atom. The molecule has 0 aliphatic carbocycles. The first-order valence-electron chi connectivity index (χ1n) is 9.27. The molecule has 0 saturated carbocycles. The number of hydrogen-bond donors (Lipinski definition) is 2. The van der Waals surface area contributed by atoms with Gasteiger partial charge >= 0.3 is 0 Å². The summed E-state index contributed by atoms with van der Waals surface area (Å²) in [6, 6.07) is 21.1. The molecule has 0 aliphatic rings. The number of thiocarbonyl (C=S) groups is 1. The van der Waals surface area contributed by atoms with Gasteiger partial charge in [0, 0.05) is 11.3 Å². The zero-order valence-electron chi connectivity index (χ0n) is 16.4. The molecule has 1 heterocycles. The molecular weight excluding hydrogens is 414 g/mol. The smallest absolute Gasteiger partial charge is 0.261 e. The standard InChI is InChI=1S/C23H19N3O2S2/c1-14-13-15(22-24-18-8-4-6-10-20(18)30-22)11-12-17(14)25-23(29)26-21(27)16-7-3-5-9-19(16)28-2/h3-13H,1-2H3,(H2,25,26,27,29). The van der Waals surface area contributed by atoms with Crippen LogP contribution in [0.15, 0.2) is 66.7 Å². The summed E-state index contributed by atoms with van der Waals surface area (Å²) in [5.41, 5.74) is 4.29. The molecule has 4 aromatic rings. The summed E-state index contributed by atoms with van der Waals surface area (Å²) in [4.78, 5) is 17.2. The molecule has 0 spiro atoms. The van der Waals surface area contributed by atoms with Crippen molar-refractivity contribution >= 4 is 50.5 Å². The normalized spacial score (nSPS) is 10.6. The topological polar surface area (TPSA) is 63.2 Å². The molecule has 2 N–H and O–H groups in total. The van der Waals surface area contributed by atoms with Crippen LogP contribution in [0.1, 0.15) is 15.9 Å². The number of fused-ring (bicyclic) bond motifs is 1. The second kappa shape index (κ2) is 8.61. The molecule has 0 unspecified atom stereocenters. The van der Waals surface area contributed by atoms with Gasteiger partial charge < -0.3 is 10.1 Å². The van der Waals surface area contributed by atoms with Crippen LogP contribution < -0.4 is 15.4 Å². The molecule has 7 heteroatoms. The third kappa shape index (κ3) is 4.17. The Morgan fingerprint density at radius 2 is 1.83 bits per heavy atom. The number of anilines is 1. The minimum Gasteiger partial charge on any atom is -0.496 e. The lowest BCUT2D eigenvalue weighted by Gasteiger charge is -2.13. The molecule has 0 bridgehead atoms. The Balaban J connectivity index is 1.48. The quantitative estimate of drug-likeness (QED) is 0.422. The van der Waals surface area contributed by atoms with Crippen molar-refractivity contribution in [3.05, 3.63) is 77.9 Å². The van der Waals surface area contributed by atoms with E-state index in [2.05, 4.69) is 22.8 Å². The molecule has 0 saturated heterocycles. The second-order valence-electron chi connectivity index (χ2n) is 6.62. The van der Waals surface area contributed by atoms with Gasteiger partial charge in [-0.1, -0.05) is 24.3 Å². The van der Waals surface area contributed by atoms with Gasteiger partial charge in [-0.3, -0.25) is 10.1 Å². The number of methoxy groups -OCH3 is 1. The van der Waals surface area contributed by atoms with E-state index in [1.165, 1.54) is 7.11 Å². The number of aryl methyl sites for hydroxylation is 1. The van der Waals surface area contributed by atoms with Crippen molar-refractivity contribution in [3.8, 4) is 16.3 Å². The van der Waals surface area contributed by atoms with Crippen LogP contribution in [0.3, 0.4) is 0 Å². The molecule has 0 radical (unpaired) electrons. The predicted molar refractivity (Wildman–Crippen MR) is 126 cm³/mol. The molecule has 3 aromatic carbocycles. The number of thiazole rings is 1. The molecule has 30 heavy (non-hydrogen) atoms. The number of nitrogens with one attached hydrogen (secondary N) is 2. The number of para-hydroxylation sites is 2. The number of rotatable bonds is 4. The summed E-state index contributed by atoms with van der Waals surface area (Å²) in [6.45, 7) is 1.99. The summed E-state index contributed by atoms with van der Waals surface area (Å²) >= 11 is 6.99. The van der Waals surface area contributed by atoms with Crippen LogP contribution in [0.4, 0.5) is 5.69 Å². The molecule has 0 aliphatic heterocycles. The van der Waals surface area contributed by atoms with E-state index in [9.17, 15) is 4.79 Å². The lowest BCUT2D eigenvalue weighted by atomic mass is 10.1. The van der Waals surface area contributed by atoms with E-state index in [1.54, 1.807) is 29.5 Å². The molecule has 0 atom stereocenters. The second-order valence-corrected chi connectivity index (χ2v) is 8.06. The van der Waals surface area contributed by atoms with E-state index in [1.807, 2.05) is 43.3 Å². The summed E-state index contributed by atoms with van der Waals surface area (Å²) in [6.07, 6.45) is 0. The van der Waals surface area contributed by atoms with Crippen molar-refractivity contribution < 1.29 is 9.53 Å². The number of aromatic nitrogens is 1. The van der Waals surface area contributed by atoms with E-state index >= 15 is 0 Å². The fraction of sp³-hybridized carbons (Fsp3) is 0.0870. The summed E-state index contributed by atoms with van der Waals surface area (Å²) in [5.74, 6) is 0.169. The van der Waals surface area contributed by atoms with E-state index in [0.717, 1.165) is 32.0 Å². The predicted octanol–water partition coefficient (Wildman–Crippen LogP) is 5.41. The fourth-order valence-electron chi connectivity index (χ4n) is 3.09. The van der Waals surface area contributed by atoms with E-state index in [-0.39, 0.29) is 11.0 Å². The van der Waals surface area contributed by atoms with Gasteiger partial charge in [0.05, 0.1) is 22.9 Å². The van der Waals surface area contributed by atoms with Gasteiger partial charge in [0.2, 0.25) is 0 Å². The Hall–Kier alpha value is -3.29. The van der Waals surface area contributed by atoms with Crippen LogP contribution in [0, 0.1) is 6.92 Å². The van der Waals surface area contributed by atoms with Crippen LogP contribution in [-0.2, 0) is 0 Å². The maximum absolute atomic E-state index is 12.5. The Bertz CT molecular complexity index is 1220. The van der Waals surface area contributed by atoms with E-state index in [0.29, 0.717) is 11.3 Å². The number of benzene rings is 3. The number of nitrogens with zero attached hydrogens (tertiary/aromatic N) is 1. The Morgan fingerprint density at radius 1 is 1.07 bits per heavy atom. The lowest BCUT2D eigenvalue weighted by Crippen LogP contribution is -2.34. The average molecular weight is 434 g/mol. The molecule has 5 nitrogen and oxygen atoms in total. The highest BCUT2D eigenvalue weighted by atomic mass is 32.1. The van der Waals surface area contributed by atoms with Crippen molar-refractivity contribution in [2.24, 2.45) is 0 Å². The van der Waals surface area contributed by atoms with E-state index in [4.69, 9.17) is 21.9 Å². The number of carbonyl (C=O) groups excluding carboxylic acids is 1. The highest BCUT2D eigenvalue weighted by molar-refractivity contribution is 7.80. The molecule has 1 amide bonds. The minimum absolute atomic E-state index is 0.224. The lowest BCUT2D eigenvalue weighted by molar-refractivity contribution is 0.0975. The van der Waals surface area contributed by atoms with Gasteiger partial charge in [0.1, 0.15) is 10.8 Å². The van der Waals surface area contributed by atoms with Crippen molar-refractivity contribution in [3.63, 3.8) is 0 Å². The zero-order chi connectivity index (χ0) is 21.1. The zero-order valence-corrected chi connectivity index (χ0v) is 18.1. The number of carbonyl (C=O) groups is 1. The first kappa shape index (κ1) is 20.0. The molecule has 4 rings (SSSR count). The highest BCUT2D eigenvalue weighted by Crippen LogP contribution is 2.31. The Kier molecular flexibility index (Phi) is 5.74. The van der Waals surface area contributed by atoms with Gasteiger partial charge in [0.25, 0.3) is 5.91 Å². The van der Waals surface area contributed by atoms with Gasteiger partial charge in [0.15, 0.2) is 5.11 Å². The van der Waals surface area contributed by atoms with Gasteiger partial charge in [-0.15, -0.1) is 11.3 Å². The van der Waals surface area contributed by atoms with Gasteiger partial charge in [-0.25, -0.2) is 4.98 Å². The largest absolute Gasteiger partial charge is 0.496 e. The number of ether oxygens (including phenoxy) is 1. The monoisotopic (exact) mass is 433 g/mol. The van der Waals surface area contributed by atoms with Crippen molar-refractivity contribution in [2.75, 3.05) is 12.4 Å². The van der Waals surface area contributed by atoms with Crippen LogP contribution in [0.25, 0.3) is 20.8 Å². The third-order valence-corrected chi connectivity index (χ3v) is 5.88. The molecule has 1 aromatic heterocycles. The fourth-order valence-corrected chi connectivity index (χ4v) is 4.25. The van der Waals surface area contributed by atoms with Crippen molar-refractivity contribution in [2.45, 2.75) is 6.92 Å². The SMILES string of the molecule is COc1ccccc1C(=O)NC(=S)Nc1ccc(-c2nc3ccccc3s2)cc1C. The third-order valence-electron chi connectivity index (χ3n) is 4.59. The average Bonchev–Trinajstić information content (AvgIpc) is 3.19. The van der Waals surface area contributed by atoms with Crippen molar-refractivity contribution in [1.29, 1.82) is 0 Å². The summed E-state index contributed by atoms with van der Waals surface area (Å²) in [5, 5.41) is 6.99. The molecule has 150 valence electrons. The van der Waals surface area contributed by atoms with Crippen LogP contribution in [-0.4, -0.2) is 23.1 Å². The van der Waals surface area contributed by atoms with Gasteiger partial charge in [-0.05, 0) is 67.2 Å². The number of amides is 1. The van der Waals surface area contributed by atoms with Crippen LogP contribution >= 0.6 is 23.6 Å². The van der Waals surface area contributed by atoms with Crippen LogP contribution in [0.5, 0.6) is 5.75 Å². The molecule has 0 fully saturated rings. The van der Waals surface area contributed by atoms with Crippen molar-refractivity contribution in [1.82, 2.24) is 10.3 Å². The first-order valence-corrected chi connectivity index (χ1v) is 10.5.